The second kappa shape index (κ2) is 8.58. The molecule has 1 unspecified atom stereocenters. The molecule has 1 atom stereocenters. The van der Waals surface area contributed by atoms with E-state index in [2.05, 4.69) is 10.3 Å². The maximum atomic E-state index is 12.5. The van der Waals surface area contributed by atoms with Gasteiger partial charge in [-0.15, -0.1) is 0 Å². The van der Waals surface area contributed by atoms with Crippen molar-refractivity contribution in [3.8, 4) is 5.75 Å². The molecule has 0 aliphatic heterocycles. The number of nitrogens with zero attached hydrogens (tertiary/aromatic N) is 2. The number of thioether (sulfide) groups is 1. The normalized spacial score (nSPS) is 11.8. The van der Waals surface area contributed by atoms with Crippen LogP contribution in [-0.4, -0.2) is 28.3 Å². The van der Waals surface area contributed by atoms with Crippen LogP contribution >= 0.6 is 11.8 Å². The van der Waals surface area contributed by atoms with Crippen LogP contribution in [0.4, 0.5) is 0 Å². The summed E-state index contributed by atoms with van der Waals surface area (Å²) in [7, 11) is 3.55. The molecule has 1 amide bonds. The first-order valence-electron chi connectivity index (χ1n) is 8.26. The Balaban J connectivity index is 1.75. The minimum Gasteiger partial charge on any atom is -0.497 e. The van der Waals surface area contributed by atoms with Crippen molar-refractivity contribution < 1.29 is 9.53 Å². The van der Waals surface area contributed by atoms with E-state index in [0.717, 1.165) is 22.0 Å². The molecule has 26 heavy (non-hydrogen) atoms. The molecular formula is C20H21N3O2S. The monoisotopic (exact) mass is 367 g/mol. The molecule has 0 radical (unpaired) electrons. The molecule has 0 aliphatic carbocycles. The summed E-state index contributed by atoms with van der Waals surface area (Å²) in [6.45, 7) is 0. The van der Waals surface area contributed by atoms with Crippen LogP contribution in [0.5, 0.6) is 5.75 Å². The van der Waals surface area contributed by atoms with E-state index in [9.17, 15) is 4.79 Å². The summed E-state index contributed by atoms with van der Waals surface area (Å²) in [5.41, 5.74) is 2.04. The molecule has 3 aromatic rings. The summed E-state index contributed by atoms with van der Waals surface area (Å²) >= 11 is 1.42. The highest BCUT2D eigenvalue weighted by atomic mass is 32.2. The number of imidazole rings is 1. The zero-order valence-electron chi connectivity index (χ0n) is 14.8. The van der Waals surface area contributed by atoms with E-state index in [-0.39, 0.29) is 11.9 Å². The van der Waals surface area contributed by atoms with Crippen LogP contribution in [0, 0.1) is 0 Å². The third-order valence-corrected chi connectivity index (χ3v) is 5.05. The molecule has 2 aromatic carbocycles. The molecule has 5 nitrogen and oxygen atoms in total. The Morgan fingerprint density at radius 3 is 2.46 bits per heavy atom. The molecule has 0 aliphatic rings. The zero-order valence-corrected chi connectivity index (χ0v) is 15.6. The van der Waals surface area contributed by atoms with Crippen molar-refractivity contribution in [1.29, 1.82) is 0 Å². The van der Waals surface area contributed by atoms with Gasteiger partial charge in [0, 0.05) is 19.4 Å². The lowest BCUT2D eigenvalue weighted by Gasteiger charge is -2.20. The largest absolute Gasteiger partial charge is 0.497 e. The standard InChI is InChI=1S/C20H21N3O2S/c1-23-13-12-21-20(23)26-14-18(24)22-19(15-6-4-3-5-7-15)16-8-10-17(25-2)11-9-16/h3-13,19H,14H2,1-2H3,(H,22,24). The summed E-state index contributed by atoms with van der Waals surface area (Å²) in [4.78, 5) is 16.8. The van der Waals surface area contributed by atoms with E-state index in [1.165, 1.54) is 11.8 Å². The van der Waals surface area contributed by atoms with Crippen molar-refractivity contribution >= 4 is 17.7 Å². The van der Waals surface area contributed by atoms with Gasteiger partial charge in [0.25, 0.3) is 0 Å². The third kappa shape index (κ3) is 4.46. The number of rotatable bonds is 7. The fourth-order valence-corrected chi connectivity index (χ4v) is 3.37. The Morgan fingerprint density at radius 1 is 1.15 bits per heavy atom. The first-order valence-corrected chi connectivity index (χ1v) is 9.24. The van der Waals surface area contributed by atoms with E-state index >= 15 is 0 Å². The maximum absolute atomic E-state index is 12.5. The van der Waals surface area contributed by atoms with Crippen LogP contribution in [-0.2, 0) is 11.8 Å². The molecule has 1 aromatic heterocycles. The van der Waals surface area contributed by atoms with Gasteiger partial charge in [-0.2, -0.15) is 0 Å². The lowest BCUT2D eigenvalue weighted by molar-refractivity contribution is -0.119. The average Bonchev–Trinajstić information content (AvgIpc) is 3.10. The van der Waals surface area contributed by atoms with Gasteiger partial charge in [0.2, 0.25) is 5.91 Å². The quantitative estimate of drug-likeness (QED) is 0.650. The van der Waals surface area contributed by atoms with Gasteiger partial charge < -0.3 is 14.6 Å². The van der Waals surface area contributed by atoms with Crippen LogP contribution in [0.2, 0.25) is 0 Å². The highest BCUT2D eigenvalue weighted by Crippen LogP contribution is 2.24. The average molecular weight is 367 g/mol. The predicted molar refractivity (Wildman–Crippen MR) is 103 cm³/mol. The van der Waals surface area contributed by atoms with Crippen molar-refractivity contribution in [2.45, 2.75) is 11.2 Å². The predicted octanol–water partition coefficient (Wildman–Crippen LogP) is 3.43. The van der Waals surface area contributed by atoms with Crippen LogP contribution in [0.15, 0.2) is 72.1 Å². The molecule has 0 bridgehead atoms. The van der Waals surface area contributed by atoms with Crippen molar-refractivity contribution in [3.05, 3.63) is 78.1 Å². The zero-order chi connectivity index (χ0) is 18.4. The van der Waals surface area contributed by atoms with Crippen molar-refractivity contribution in [1.82, 2.24) is 14.9 Å². The molecule has 0 spiro atoms. The van der Waals surface area contributed by atoms with E-state index < -0.39 is 0 Å². The fourth-order valence-electron chi connectivity index (χ4n) is 2.62. The molecule has 6 heteroatoms. The molecular weight excluding hydrogens is 346 g/mol. The minimum absolute atomic E-state index is 0.0392. The van der Waals surface area contributed by atoms with Gasteiger partial charge in [0.05, 0.1) is 18.9 Å². The summed E-state index contributed by atoms with van der Waals surface area (Å²) in [6, 6.07) is 17.5. The van der Waals surface area contributed by atoms with E-state index in [0.29, 0.717) is 5.75 Å². The Kier molecular flexibility index (Phi) is 5.96. The van der Waals surface area contributed by atoms with Gasteiger partial charge in [0.1, 0.15) is 5.75 Å². The summed E-state index contributed by atoms with van der Waals surface area (Å²) in [6.07, 6.45) is 3.59. The molecule has 1 N–H and O–H groups in total. The fraction of sp³-hybridized carbons (Fsp3) is 0.200. The van der Waals surface area contributed by atoms with Crippen LogP contribution in [0.3, 0.4) is 0 Å². The topological polar surface area (TPSA) is 56.1 Å². The van der Waals surface area contributed by atoms with Gasteiger partial charge in [-0.05, 0) is 23.3 Å². The Bertz CT molecular complexity index is 847. The first kappa shape index (κ1) is 18.1. The number of ether oxygens (including phenoxy) is 1. The number of benzene rings is 2. The second-order valence-electron chi connectivity index (χ2n) is 5.79. The Morgan fingerprint density at radius 2 is 1.85 bits per heavy atom. The number of aromatic nitrogens is 2. The van der Waals surface area contributed by atoms with E-state index in [1.807, 2.05) is 72.4 Å². The number of hydrogen-bond acceptors (Lipinski definition) is 4. The second-order valence-corrected chi connectivity index (χ2v) is 6.74. The van der Waals surface area contributed by atoms with Crippen molar-refractivity contribution in [2.24, 2.45) is 7.05 Å². The maximum Gasteiger partial charge on any atom is 0.231 e. The minimum atomic E-state index is -0.212. The SMILES string of the molecule is COc1ccc(C(NC(=O)CSc2nccn2C)c2ccccc2)cc1. The number of carbonyl (C=O) groups excluding carboxylic acids is 1. The number of carbonyl (C=O) groups is 1. The number of nitrogens with one attached hydrogen (secondary N) is 1. The molecule has 1 heterocycles. The number of methoxy groups -OCH3 is 1. The lowest BCUT2D eigenvalue weighted by atomic mass is 9.98. The highest BCUT2D eigenvalue weighted by Gasteiger charge is 2.17. The Hall–Kier alpha value is -2.73. The van der Waals surface area contributed by atoms with Crippen LogP contribution < -0.4 is 10.1 Å². The molecule has 0 saturated carbocycles. The Labute approximate surface area is 157 Å². The highest BCUT2D eigenvalue weighted by molar-refractivity contribution is 7.99. The lowest BCUT2D eigenvalue weighted by Crippen LogP contribution is -2.30. The third-order valence-electron chi connectivity index (χ3n) is 4.00. The van der Waals surface area contributed by atoms with Crippen molar-refractivity contribution in [3.63, 3.8) is 0 Å². The van der Waals surface area contributed by atoms with Crippen LogP contribution in [0.1, 0.15) is 17.2 Å². The number of amides is 1. The first-order chi connectivity index (χ1) is 12.7. The van der Waals surface area contributed by atoms with Gasteiger partial charge in [-0.25, -0.2) is 4.98 Å². The molecule has 0 fully saturated rings. The van der Waals surface area contributed by atoms with Gasteiger partial charge >= 0.3 is 0 Å². The summed E-state index contributed by atoms with van der Waals surface area (Å²) in [5.74, 6) is 1.06. The molecule has 3 rings (SSSR count). The van der Waals surface area contributed by atoms with E-state index in [4.69, 9.17) is 4.74 Å². The molecule has 134 valence electrons. The van der Waals surface area contributed by atoms with E-state index in [1.54, 1.807) is 13.3 Å². The van der Waals surface area contributed by atoms with Crippen molar-refractivity contribution in [2.75, 3.05) is 12.9 Å². The van der Waals surface area contributed by atoms with Crippen LogP contribution in [0.25, 0.3) is 0 Å². The summed E-state index contributed by atoms with van der Waals surface area (Å²) in [5, 5.41) is 3.95. The smallest absolute Gasteiger partial charge is 0.231 e. The number of aryl methyl sites for hydroxylation is 1. The van der Waals surface area contributed by atoms with Gasteiger partial charge in [-0.1, -0.05) is 54.2 Å². The molecule has 0 saturated heterocycles. The van der Waals surface area contributed by atoms with Gasteiger partial charge in [0.15, 0.2) is 5.16 Å². The number of hydrogen-bond donors (Lipinski definition) is 1. The van der Waals surface area contributed by atoms with Gasteiger partial charge in [-0.3, -0.25) is 4.79 Å². The summed E-state index contributed by atoms with van der Waals surface area (Å²) < 4.78 is 7.13.